The van der Waals surface area contributed by atoms with Gasteiger partial charge in [0.2, 0.25) is 0 Å². The first kappa shape index (κ1) is 21.3. The number of piperazine rings is 1. The van der Waals surface area contributed by atoms with Crippen LogP contribution >= 0.6 is 11.6 Å². The average Bonchev–Trinajstić information content (AvgIpc) is 3.44. The number of urea groups is 1. The second kappa shape index (κ2) is 8.78. The quantitative estimate of drug-likeness (QED) is 0.499. The number of carbonyl (C=O) groups excluding carboxylic acids is 1. The molecule has 1 N–H and O–H groups in total. The molecular weight excluding hydrogens is 438 g/mol. The molecular formula is C24H26ClN7O. The number of fused-ring (bicyclic) bond motifs is 1. The van der Waals surface area contributed by atoms with E-state index in [0.29, 0.717) is 18.1 Å². The first-order chi connectivity index (χ1) is 16.0. The highest BCUT2D eigenvalue weighted by molar-refractivity contribution is 6.30. The summed E-state index contributed by atoms with van der Waals surface area (Å²) in [5.74, 6) is 0. The average molecular weight is 464 g/mol. The summed E-state index contributed by atoms with van der Waals surface area (Å²) in [7, 11) is 1.91. The van der Waals surface area contributed by atoms with E-state index in [-0.39, 0.29) is 12.1 Å². The van der Waals surface area contributed by atoms with E-state index in [0.717, 1.165) is 41.0 Å². The zero-order valence-corrected chi connectivity index (χ0v) is 19.4. The maximum Gasteiger partial charge on any atom is 0.318 e. The molecule has 0 aliphatic carbocycles. The van der Waals surface area contributed by atoms with Crippen LogP contribution in [-0.2, 0) is 13.6 Å². The minimum atomic E-state index is -0.0434. The van der Waals surface area contributed by atoms with E-state index in [9.17, 15) is 4.79 Å². The second-order valence-electron chi connectivity index (χ2n) is 8.45. The zero-order valence-electron chi connectivity index (χ0n) is 18.6. The van der Waals surface area contributed by atoms with Crippen molar-refractivity contribution in [2.24, 2.45) is 7.05 Å². The molecule has 9 heteroatoms. The number of benzene rings is 1. The van der Waals surface area contributed by atoms with Crippen molar-refractivity contribution in [3.8, 4) is 11.1 Å². The van der Waals surface area contributed by atoms with Crippen molar-refractivity contribution >= 4 is 28.8 Å². The topological polar surface area (TPSA) is 70.7 Å². The van der Waals surface area contributed by atoms with Gasteiger partial charge in [-0.15, -0.1) is 0 Å². The minimum Gasteiger partial charge on any atom is -0.365 e. The monoisotopic (exact) mass is 463 g/mol. The van der Waals surface area contributed by atoms with Gasteiger partial charge in [-0.3, -0.25) is 4.68 Å². The summed E-state index contributed by atoms with van der Waals surface area (Å²) < 4.78 is 3.70. The fraction of sp³-hybridized carbons (Fsp3) is 0.292. The van der Waals surface area contributed by atoms with Gasteiger partial charge in [0.15, 0.2) is 0 Å². The van der Waals surface area contributed by atoms with Crippen molar-refractivity contribution in [1.29, 1.82) is 0 Å². The summed E-state index contributed by atoms with van der Waals surface area (Å²) in [5.41, 5.74) is 5.29. The first-order valence-corrected chi connectivity index (χ1v) is 11.4. The van der Waals surface area contributed by atoms with Crippen LogP contribution in [0.4, 0.5) is 10.5 Å². The number of rotatable bonds is 4. The molecule has 0 spiro atoms. The molecule has 33 heavy (non-hydrogen) atoms. The SMILES string of the molecule is C[C@H]1CN(c2cnn3cc(-c4cnn(C)c4)ccc23)CCN1C(=O)NCc1ccc(Cl)cc1. The molecule has 0 radical (unpaired) electrons. The molecule has 1 aromatic carbocycles. The zero-order chi connectivity index (χ0) is 22.9. The van der Waals surface area contributed by atoms with Gasteiger partial charge in [-0.05, 0) is 30.7 Å². The largest absolute Gasteiger partial charge is 0.365 e. The highest BCUT2D eigenvalue weighted by Gasteiger charge is 2.28. The third kappa shape index (κ3) is 4.39. The Morgan fingerprint density at radius 1 is 1.06 bits per heavy atom. The molecule has 4 heterocycles. The Hall–Kier alpha value is -3.52. The van der Waals surface area contributed by atoms with Crippen molar-refractivity contribution in [2.45, 2.75) is 19.5 Å². The normalized spacial score (nSPS) is 16.4. The molecule has 0 bridgehead atoms. The number of anilines is 1. The van der Waals surface area contributed by atoms with E-state index in [1.54, 1.807) is 4.68 Å². The fourth-order valence-electron chi connectivity index (χ4n) is 4.32. The van der Waals surface area contributed by atoms with Crippen LogP contribution in [0, 0.1) is 0 Å². The number of aromatic nitrogens is 4. The number of nitrogens with one attached hydrogen (secondary N) is 1. The van der Waals surface area contributed by atoms with Crippen LogP contribution in [0.25, 0.3) is 16.6 Å². The Kier molecular flexibility index (Phi) is 5.68. The van der Waals surface area contributed by atoms with Gasteiger partial charge in [0.1, 0.15) is 0 Å². The molecule has 4 aromatic rings. The van der Waals surface area contributed by atoms with E-state index in [1.807, 2.05) is 65.5 Å². The second-order valence-corrected chi connectivity index (χ2v) is 8.89. The van der Waals surface area contributed by atoms with Gasteiger partial charge in [0.05, 0.1) is 23.6 Å². The van der Waals surface area contributed by atoms with Gasteiger partial charge in [0.25, 0.3) is 0 Å². The molecule has 1 aliphatic heterocycles. The van der Waals surface area contributed by atoms with E-state index in [1.165, 1.54) is 0 Å². The number of pyridine rings is 1. The predicted octanol–water partition coefficient (Wildman–Crippen LogP) is 3.81. The summed E-state index contributed by atoms with van der Waals surface area (Å²) in [6.07, 6.45) is 7.78. The summed E-state index contributed by atoms with van der Waals surface area (Å²) in [4.78, 5) is 17.0. The van der Waals surface area contributed by atoms with E-state index < -0.39 is 0 Å². The van der Waals surface area contributed by atoms with Crippen molar-refractivity contribution in [3.05, 3.63) is 71.8 Å². The van der Waals surface area contributed by atoms with Crippen LogP contribution in [-0.4, -0.2) is 56.0 Å². The van der Waals surface area contributed by atoms with E-state index in [2.05, 4.69) is 39.5 Å². The molecule has 0 saturated carbocycles. The molecule has 3 aromatic heterocycles. The number of halogens is 1. The van der Waals surface area contributed by atoms with Gasteiger partial charge in [0, 0.05) is 67.8 Å². The Bertz CT molecular complexity index is 1280. The number of aryl methyl sites for hydroxylation is 1. The summed E-state index contributed by atoms with van der Waals surface area (Å²) in [5, 5.41) is 12.5. The molecule has 5 rings (SSSR count). The Labute approximate surface area is 197 Å². The molecule has 1 saturated heterocycles. The highest BCUT2D eigenvalue weighted by atomic mass is 35.5. The molecule has 170 valence electrons. The summed E-state index contributed by atoms with van der Waals surface area (Å²) in [6.45, 7) is 4.72. The fourth-order valence-corrected chi connectivity index (χ4v) is 4.44. The lowest BCUT2D eigenvalue weighted by molar-refractivity contribution is 0.171. The van der Waals surface area contributed by atoms with Crippen LogP contribution in [0.1, 0.15) is 12.5 Å². The van der Waals surface area contributed by atoms with Gasteiger partial charge >= 0.3 is 6.03 Å². The number of carbonyl (C=O) groups is 1. The van der Waals surface area contributed by atoms with Crippen LogP contribution in [0.5, 0.6) is 0 Å². The number of nitrogens with zero attached hydrogens (tertiary/aromatic N) is 6. The van der Waals surface area contributed by atoms with Gasteiger partial charge in [-0.2, -0.15) is 10.2 Å². The Balaban J connectivity index is 1.24. The number of amides is 2. The predicted molar refractivity (Wildman–Crippen MR) is 129 cm³/mol. The maximum absolute atomic E-state index is 12.8. The van der Waals surface area contributed by atoms with E-state index in [4.69, 9.17) is 11.6 Å². The first-order valence-electron chi connectivity index (χ1n) is 11.0. The van der Waals surface area contributed by atoms with E-state index >= 15 is 0 Å². The minimum absolute atomic E-state index is 0.0434. The summed E-state index contributed by atoms with van der Waals surface area (Å²) >= 11 is 5.93. The van der Waals surface area contributed by atoms with Gasteiger partial charge < -0.3 is 15.1 Å². The Morgan fingerprint density at radius 2 is 1.88 bits per heavy atom. The van der Waals surface area contributed by atoms with Crippen LogP contribution in [0.2, 0.25) is 5.02 Å². The smallest absolute Gasteiger partial charge is 0.318 e. The van der Waals surface area contributed by atoms with Crippen LogP contribution < -0.4 is 10.2 Å². The lowest BCUT2D eigenvalue weighted by Gasteiger charge is -2.40. The lowest BCUT2D eigenvalue weighted by atomic mass is 10.1. The lowest BCUT2D eigenvalue weighted by Crippen LogP contribution is -2.56. The Morgan fingerprint density at radius 3 is 2.61 bits per heavy atom. The molecule has 8 nitrogen and oxygen atoms in total. The molecule has 1 aliphatic rings. The van der Waals surface area contributed by atoms with Crippen molar-refractivity contribution in [3.63, 3.8) is 0 Å². The highest BCUT2D eigenvalue weighted by Crippen LogP contribution is 2.27. The molecule has 0 unspecified atom stereocenters. The van der Waals surface area contributed by atoms with Crippen molar-refractivity contribution < 1.29 is 4.79 Å². The molecule has 1 atom stereocenters. The molecule has 1 fully saturated rings. The number of hydrogen-bond acceptors (Lipinski definition) is 4. The van der Waals surface area contributed by atoms with Crippen LogP contribution in [0.3, 0.4) is 0 Å². The maximum atomic E-state index is 12.8. The number of hydrogen-bond donors (Lipinski definition) is 1. The van der Waals surface area contributed by atoms with Gasteiger partial charge in [-0.1, -0.05) is 29.8 Å². The van der Waals surface area contributed by atoms with Crippen molar-refractivity contribution in [1.82, 2.24) is 29.6 Å². The van der Waals surface area contributed by atoms with Gasteiger partial charge in [-0.25, -0.2) is 9.31 Å². The molecule has 2 amide bonds. The van der Waals surface area contributed by atoms with Crippen molar-refractivity contribution in [2.75, 3.05) is 24.5 Å². The summed E-state index contributed by atoms with van der Waals surface area (Å²) in [6, 6.07) is 11.7. The standard InChI is InChI=1S/C24H26ClN7O/c1-17-14-30(9-10-31(17)24(33)26-11-18-3-6-21(25)7-4-18)23-13-28-32-16-19(5-8-22(23)32)20-12-27-29(2)15-20/h3-8,12-13,15-17H,9-11,14H2,1-2H3,(H,26,33)/t17-/m0/s1. The van der Waals surface area contributed by atoms with Crippen LogP contribution in [0.15, 0.2) is 61.2 Å². The third-order valence-electron chi connectivity index (χ3n) is 6.12. The third-order valence-corrected chi connectivity index (χ3v) is 6.37.